The number of benzene rings is 2. The van der Waals surface area contributed by atoms with Crippen molar-refractivity contribution in [1.82, 2.24) is 10.4 Å². The molecule has 0 aliphatic carbocycles. The summed E-state index contributed by atoms with van der Waals surface area (Å²) in [5.41, 5.74) is 5.35. The number of hydrogen-bond acceptors (Lipinski definition) is 6. The van der Waals surface area contributed by atoms with Crippen molar-refractivity contribution < 1.29 is 23.8 Å². The highest BCUT2D eigenvalue weighted by Gasteiger charge is 2.30. The van der Waals surface area contributed by atoms with Gasteiger partial charge in [-0.3, -0.25) is 15.0 Å². The molecule has 1 aliphatic heterocycles. The Morgan fingerprint density at radius 2 is 1.61 bits per heavy atom. The van der Waals surface area contributed by atoms with Gasteiger partial charge in [-0.1, -0.05) is 12.1 Å². The smallest absolute Gasteiger partial charge is 0.308 e. The fraction of sp³-hybridized carbons (Fsp3) is 0.238. The number of methoxy groups -OCH3 is 2. The zero-order valence-electron chi connectivity index (χ0n) is 16.2. The quantitative estimate of drug-likeness (QED) is 0.633. The maximum absolute atomic E-state index is 12.2. The number of amides is 1. The first-order valence-electron chi connectivity index (χ1n) is 8.72. The number of carbonyl (C=O) groups is 2. The van der Waals surface area contributed by atoms with Crippen LogP contribution in [0, 0.1) is 0 Å². The first-order chi connectivity index (χ1) is 13.4. The molecule has 1 N–H and O–H groups in total. The van der Waals surface area contributed by atoms with Crippen LogP contribution in [0.4, 0.5) is 0 Å². The average molecular weight is 382 g/mol. The van der Waals surface area contributed by atoms with Gasteiger partial charge in [0.15, 0.2) is 0 Å². The van der Waals surface area contributed by atoms with E-state index in [1.807, 2.05) is 30.3 Å². The summed E-state index contributed by atoms with van der Waals surface area (Å²) in [5, 5.41) is 1.53. The number of esters is 1. The molecule has 2 aromatic carbocycles. The highest BCUT2D eigenvalue weighted by atomic mass is 16.5. The van der Waals surface area contributed by atoms with Crippen LogP contribution in [-0.4, -0.2) is 31.1 Å². The van der Waals surface area contributed by atoms with Gasteiger partial charge in [-0.2, -0.15) is 0 Å². The number of nitrogens with one attached hydrogen (secondary N) is 1. The standard InChI is InChI=1S/C21H22N2O5/c1-13(24)23-20(15-5-7-16(26-3)8-6-15)12-19(22-23)18-10-9-17(27-4)11-21(18)28-14(2)25/h5-12,20,22H,1-4H3/t20-/m0/s1. The van der Waals surface area contributed by atoms with Gasteiger partial charge in [0.25, 0.3) is 0 Å². The third-order valence-electron chi connectivity index (χ3n) is 4.37. The van der Waals surface area contributed by atoms with E-state index >= 15 is 0 Å². The Bertz CT molecular complexity index is 921. The lowest BCUT2D eigenvalue weighted by Gasteiger charge is -2.24. The van der Waals surface area contributed by atoms with Gasteiger partial charge in [0.2, 0.25) is 5.91 Å². The lowest BCUT2D eigenvalue weighted by Crippen LogP contribution is -2.37. The second-order valence-corrected chi connectivity index (χ2v) is 6.25. The third-order valence-corrected chi connectivity index (χ3v) is 4.37. The number of rotatable bonds is 5. The second kappa shape index (κ2) is 8.04. The molecule has 0 unspecified atom stereocenters. The fourth-order valence-electron chi connectivity index (χ4n) is 3.03. The Morgan fingerprint density at radius 1 is 0.964 bits per heavy atom. The molecule has 0 saturated heterocycles. The van der Waals surface area contributed by atoms with Crippen LogP contribution in [0.15, 0.2) is 48.5 Å². The van der Waals surface area contributed by atoms with Gasteiger partial charge >= 0.3 is 5.97 Å². The minimum Gasteiger partial charge on any atom is -0.497 e. The van der Waals surface area contributed by atoms with E-state index in [9.17, 15) is 9.59 Å². The highest BCUT2D eigenvalue weighted by Crippen LogP contribution is 2.36. The Hall–Kier alpha value is -3.48. The fourth-order valence-corrected chi connectivity index (χ4v) is 3.03. The van der Waals surface area contributed by atoms with Crippen molar-refractivity contribution in [2.45, 2.75) is 19.9 Å². The predicted molar refractivity (Wildman–Crippen MR) is 104 cm³/mol. The van der Waals surface area contributed by atoms with Crippen LogP contribution in [0.1, 0.15) is 31.0 Å². The van der Waals surface area contributed by atoms with E-state index in [0.29, 0.717) is 22.8 Å². The van der Waals surface area contributed by atoms with E-state index in [2.05, 4.69) is 5.43 Å². The Labute approximate surface area is 163 Å². The largest absolute Gasteiger partial charge is 0.497 e. The van der Waals surface area contributed by atoms with Gasteiger partial charge in [-0.25, -0.2) is 5.01 Å². The molecule has 28 heavy (non-hydrogen) atoms. The van der Waals surface area contributed by atoms with Crippen molar-refractivity contribution in [3.8, 4) is 17.2 Å². The topological polar surface area (TPSA) is 77.1 Å². The minimum absolute atomic E-state index is 0.144. The highest BCUT2D eigenvalue weighted by molar-refractivity contribution is 5.81. The maximum atomic E-state index is 12.2. The predicted octanol–water partition coefficient (Wildman–Crippen LogP) is 3.08. The van der Waals surface area contributed by atoms with Crippen LogP contribution in [0.25, 0.3) is 5.70 Å². The summed E-state index contributed by atoms with van der Waals surface area (Å²) in [6.07, 6.45) is 1.91. The number of hydrazine groups is 1. The molecule has 1 aliphatic rings. The van der Waals surface area contributed by atoms with Crippen molar-refractivity contribution in [3.63, 3.8) is 0 Å². The van der Waals surface area contributed by atoms with E-state index in [-0.39, 0.29) is 11.9 Å². The van der Waals surface area contributed by atoms with Crippen LogP contribution in [0.5, 0.6) is 17.2 Å². The summed E-state index contributed by atoms with van der Waals surface area (Å²) in [6.45, 7) is 2.82. The maximum Gasteiger partial charge on any atom is 0.308 e. The number of nitrogens with zero attached hydrogens (tertiary/aromatic N) is 1. The Balaban J connectivity index is 2.01. The second-order valence-electron chi connectivity index (χ2n) is 6.25. The van der Waals surface area contributed by atoms with Crippen LogP contribution in [-0.2, 0) is 9.59 Å². The molecular formula is C21H22N2O5. The molecule has 0 fully saturated rings. The molecule has 0 saturated carbocycles. The molecule has 1 amide bonds. The number of hydrogen-bond donors (Lipinski definition) is 1. The molecule has 3 rings (SSSR count). The first-order valence-corrected chi connectivity index (χ1v) is 8.72. The van der Waals surface area contributed by atoms with Crippen molar-refractivity contribution in [1.29, 1.82) is 0 Å². The first kappa shape index (κ1) is 19.3. The van der Waals surface area contributed by atoms with E-state index in [1.54, 1.807) is 25.3 Å². The molecule has 7 heteroatoms. The van der Waals surface area contributed by atoms with Crippen LogP contribution in [0.2, 0.25) is 0 Å². The molecule has 0 radical (unpaired) electrons. The van der Waals surface area contributed by atoms with Crippen molar-refractivity contribution in [2.24, 2.45) is 0 Å². The average Bonchev–Trinajstić information content (AvgIpc) is 3.13. The summed E-state index contributed by atoms with van der Waals surface area (Å²) in [7, 11) is 3.14. The molecular weight excluding hydrogens is 360 g/mol. The van der Waals surface area contributed by atoms with E-state index < -0.39 is 5.97 Å². The Morgan fingerprint density at radius 3 is 2.18 bits per heavy atom. The van der Waals surface area contributed by atoms with Crippen LogP contribution in [0.3, 0.4) is 0 Å². The summed E-state index contributed by atoms with van der Waals surface area (Å²) in [4.78, 5) is 23.7. The van der Waals surface area contributed by atoms with Gasteiger partial charge in [0, 0.05) is 25.5 Å². The third kappa shape index (κ3) is 3.93. The summed E-state index contributed by atoms with van der Waals surface area (Å²) in [6, 6.07) is 12.4. The van der Waals surface area contributed by atoms with Gasteiger partial charge in [0.05, 0.1) is 26.0 Å². The van der Waals surface area contributed by atoms with Crippen LogP contribution < -0.4 is 19.6 Å². The summed E-state index contributed by atoms with van der Waals surface area (Å²) >= 11 is 0. The lowest BCUT2D eigenvalue weighted by atomic mass is 10.0. The number of ether oxygens (including phenoxy) is 3. The molecule has 0 aromatic heterocycles. The van der Waals surface area contributed by atoms with Gasteiger partial charge in [0.1, 0.15) is 17.2 Å². The molecule has 2 aromatic rings. The zero-order valence-corrected chi connectivity index (χ0v) is 16.2. The van der Waals surface area contributed by atoms with Crippen molar-refractivity contribution in [3.05, 3.63) is 59.7 Å². The minimum atomic E-state index is -0.441. The molecule has 0 bridgehead atoms. The molecule has 0 spiro atoms. The number of carbonyl (C=O) groups excluding carboxylic acids is 2. The van der Waals surface area contributed by atoms with Crippen LogP contribution >= 0.6 is 0 Å². The molecule has 1 atom stereocenters. The summed E-state index contributed by atoms with van der Waals surface area (Å²) < 4.78 is 15.8. The normalized spacial score (nSPS) is 15.5. The van der Waals surface area contributed by atoms with E-state index in [1.165, 1.54) is 26.0 Å². The lowest BCUT2D eigenvalue weighted by molar-refractivity contribution is -0.133. The van der Waals surface area contributed by atoms with Gasteiger partial charge in [-0.15, -0.1) is 0 Å². The summed E-state index contributed by atoms with van der Waals surface area (Å²) in [5.74, 6) is 1.07. The van der Waals surface area contributed by atoms with Crippen molar-refractivity contribution >= 4 is 17.6 Å². The zero-order chi connectivity index (χ0) is 20.3. The van der Waals surface area contributed by atoms with Gasteiger partial charge in [-0.05, 0) is 35.9 Å². The Kier molecular flexibility index (Phi) is 5.54. The molecule has 1 heterocycles. The van der Waals surface area contributed by atoms with E-state index in [4.69, 9.17) is 14.2 Å². The molecule has 146 valence electrons. The van der Waals surface area contributed by atoms with Crippen molar-refractivity contribution in [2.75, 3.05) is 14.2 Å². The monoisotopic (exact) mass is 382 g/mol. The molecule has 7 nitrogen and oxygen atoms in total. The van der Waals surface area contributed by atoms with Gasteiger partial charge < -0.3 is 14.2 Å². The SMILES string of the molecule is COc1ccc([C@@H]2C=C(c3ccc(OC)cc3OC(C)=O)NN2C(C)=O)cc1. The van der Waals surface area contributed by atoms with E-state index in [0.717, 1.165) is 11.3 Å².